The summed E-state index contributed by atoms with van der Waals surface area (Å²) in [7, 11) is 1.67. The fourth-order valence-electron chi connectivity index (χ4n) is 3.79. The molecule has 4 rings (SSSR count). The third-order valence-electron chi connectivity index (χ3n) is 4.84. The molecule has 4 heteroatoms. The number of fused-ring (bicyclic) bond motifs is 3. The second-order valence-corrected chi connectivity index (χ2v) is 7.02. The third-order valence-corrected chi connectivity index (χ3v) is 5.30. The van der Waals surface area contributed by atoms with E-state index in [1.165, 1.54) is 6.07 Å². The van der Waals surface area contributed by atoms with Crippen molar-refractivity contribution in [3.63, 3.8) is 0 Å². The van der Waals surface area contributed by atoms with Gasteiger partial charge < -0.3 is 10.1 Å². The summed E-state index contributed by atoms with van der Waals surface area (Å²) < 4.78 is 20.6. The highest BCUT2D eigenvalue weighted by molar-refractivity contribution is 9.10. The Kier molecular flexibility index (Phi) is 3.64. The van der Waals surface area contributed by atoms with Crippen molar-refractivity contribution in [3.05, 3.63) is 70.0 Å². The number of ether oxygens (including phenoxy) is 1. The van der Waals surface area contributed by atoms with Gasteiger partial charge in [-0.2, -0.15) is 0 Å². The van der Waals surface area contributed by atoms with E-state index < -0.39 is 0 Å². The van der Waals surface area contributed by atoms with Crippen LogP contribution in [-0.2, 0) is 0 Å². The van der Waals surface area contributed by atoms with Gasteiger partial charge in [-0.3, -0.25) is 0 Å². The summed E-state index contributed by atoms with van der Waals surface area (Å²) in [6.07, 6.45) is 5.41. The molecule has 1 aliphatic carbocycles. The summed E-state index contributed by atoms with van der Waals surface area (Å²) in [6.45, 7) is 0. The maximum atomic E-state index is 14.5. The first-order valence-electron chi connectivity index (χ1n) is 7.73. The topological polar surface area (TPSA) is 21.3 Å². The maximum Gasteiger partial charge on any atom is 0.147 e. The minimum absolute atomic E-state index is 0.0771. The molecule has 0 unspecified atom stereocenters. The number of halogens is 2. The zero-order chi connectivity index (χ0) is 16.0. The number of hydrogen-bond donors (Lipinski definition) is 1. The van der Waals surface area contributed by atoms with E-state index >= 15 is 0 Å². The standard InChI is InChI=1S/C19H17BrFNO/c1-23-13-5-2-4-11(8-13)18-15-7-3-6-14(15)16-9-12(20)10-17(21)19(16)22-18/h2-6,8-10,14-15,18,22H,7H2,1H3/t14-,15-,18-/m1/s1. The van der Waals surface area contributed by atoms with Gasteiger partial charge in [-0.25, -0.2) is 4.39 Å². The largest absolute Gasteiger partial charge is 0.497 e. The van der Waals surface area contributed by atoms with Crippen molar-refractivity contribution in [2.24, 2.45) is 5.92 Å². The van der Waals surface area contributed by atoms with E-state index in [1.54, 1.807) is 7.11 Å². The number of allylic oxidation sites excluding steroid dienone is 2. The van der Waals surface area contributed by atoms with Gasteiger partial charge in [-0.1, -0.05) is 40.2 Å². The van der Waals surface area contributed by atoms with Crippen LogP contribution >= 0.6 is 15.9 Å². The molecule has 3 atom stereocenters. The van der Waals surface area contributed by atoms with Crippen molar-refractivity contribution in [1.29, 1.82) is 0 Å². The lowest BCUT2D eigenvalue weighted by molar-refractivity contribution is 0.405. The lowest BCUT2D eigenvalue weighted by Gasteiger charge is -2.37. The van der Waals surface area contributed by atoms with Gasteiger partial charge in [0.05, 0.1) is 18.8 Å². The summed E-state index contributed by atoms with van der Waals surface area (Å²) in [5.41, 5.74) is 2.79. The smallest absolute Gasteiger partial charge is 0.147 e. The van der Waals surface area contributed by atoms with E-state index in [1.807, 2.05) is 24.3 Å². The van der Waals surface area contributed by atoms with Gasteiger partial charge in [-0.15, -0.1) is 0 Å². The predicted molar refractivity (Wildman–Crippen MR) is 93.4 cm³/mol. The SMILES string of the molecule is COc1cccc([C@H]2Nc3c(F)cc(Br)cc3[C@@H]3C=CC[C@@H]23)c1. The lowest BCUT2D eigenvalue weighted by atomic mass is 9.77. The van der Waals surface area contributed by atoms with Gasteiger partial charge >= 0.3 is 0 Å². The molecule has 0 aromatic heterocycles. The Hall–Kier alpha value is -1.81. The van der Waals surface area contributed by atoms with Gasteiger partial charge in [0.15, 0.2) is 0 Å². The molecular formula is C19H17BrFNO. The quantitative estimate of drug-likeness (QED) is 0.709. The molecule has 0 saturated carbocycles. The van der Waals surface area contributed by atoms with E-state index in [9.17, 15) is 4.39 Å². The van der Waals surface area contributed by atoms with Crippen LogP contribution < -0.4 is 10.1 Å². The summed E-state index contributed by atoms with van der Waals surface area (Å²) in [6, 6.07) is 11.7. The summed E-state index contributed by atoms with van der Waals surface area (Å²) >= 11 is 3.41. The van der Waals surface area contributed by atoms with Crippen LogP contribution in [0.25, 0.3) is 0 Å². The third kappa shape index (κ3) is 2.45. The first-order valence-corrected chi connectivity index (χ1v) is 8.53. The Morgan fingerprint density at radius 1 is 1.26 bits per heavy atom. The second kappa shape index (κ2) is 5.68. The first-order chi connectivity index (χ1) is 11.2. The molecule has 0 fully saturated rings. The predicted octanol–water partition coefficient (Wildman–Crippen LogP) is 5.42. The van der Waals surface area contributed by atoms with Gasteiger partial charge in [0.2, 0.25) is 0 Å². The van der Waals surface area contributed by atoms with Gasteiger partial charge in [0.1, 0.15) is 11.6 Å². The monoisotopic (exact) mass is 373 g/mol. The highest BCUT2D eigenvalue weighted by Crippen LogP contribution is 2.51. The van der Waals surface area contributed by atoms with Crippen LogP contribution in [0.5, 0.6) is 5.75 Å². The molecule has 2 aliphatic rings. The zero-order valence-electron chi connectivity index (χ0n) is 12.7. The van der Waals surface area contributed by atoms with Crippen LogP contribution in [0, 0.1) is 11.7 Å². The Morgan fingerprint density at radius 2 is 2.13 bits per heavy atom. The highest BCUT2D eigenvalue weighted by atomic mass is 79.9. The second-order valence-electron chi connectivity index (χ2n) is 6.10. The van der Waals surface area contributed by atoms with Crippen LogP contribution in [0.2, 0.25) is 0 Å². The van der Waals surface area contributed by atoms with E-state index in [-0.39, 0.29) is 17.8 Å². The number of rotatable bonds is 2. The lowest BCUT2D eigenvalue weighted by Crippen LogP contribution is -2.29. The van der Waals surface area contributed by atoms with E-state index in [4.69, 9.17) is 4.74 Å². The van der Waals surface area contributed by atoms with Crippen molar-refractivity contribution >= 4 is 21.6 Å². The van der Waals surface area contributed by atoms with Crippen LogP contribution in [0.3, 0.4) is 0 Å². The van der Waals surface area contributed by atoms with Crippen LogP contribution in [0.1, 0.15) is 29.5 Å². The van der Waals surface area contributed by atoms with E-state index in [2.05, 4.69) is 39.5 Å². The van der Waals surface area contributed by atoms with Crippen molar-refractivity contribution in [2.75, 3.05) is 12.4 Å². The average Bonchev–Trinajstić information content (AvgIpc) is 3.04. The molecule has 0 amide bonds. The van der Waals surface area contributed by atoms with Crippen LogP contribution in [-0.4, -0.2) is 7.11 Å². The van der Waals surface area contributed by atoms with E-state index in [0.29, 0.717) is 11.6 Å². The van der Waals surface area contributed by atoms with Crippen molar-refractivity contribution in [3.8, 4) is 5.75 Å². The first kappa shape index (κ1) is 14.8. The van der Waals surface area contributed by atoms with Gasteiger partial charge in [0, 0.05) is 10.4 Å². The molecule has 0 saturated heterocycles. The molecule has 0 radical (unpaired) electrons. The number of nitrogens with one attached hydrogen (secondary N) is 1. The Labute approximate surface area is 143 Å². The number of benzene rings is 2. The van der Waals surface area contributed by atoms with Crippen molar-refractivity contribution in [1.82, 2.24) is 0 Å². The molecule has 2 aromatic carbocycles. The van der Waals surface area contributed by atoms with Gasteiger partial charge in [-0.05, 0) is 47.7 Å². The number of methoxy groups -OCH3 is 1. The molecular weight excluding hydrogens is 357 g/mol. The molecule has 1 heterocycles. The normalized spacial score (nSPS) is 24.7. The molecule has 1 N–H and O–H groups in total. The molecule has 2 aromatic rings. The molecule has 2 nitrogen and oxygen atoms in total. The average molecular weight is 374 g/mol. The fraction of sp³-hybridized carbons (Fsp3) is 0.263. The molecule has 0 spiro atoms. The van der Waals surface area contributed by atoms with Crippen molar-refractivity contribution < 1.29 is 9.13 Å². The molecule has 0 bridgehead atoms. The molecule has 1 aliphatic heterocycles. The summed E-state index contributed by atoms with van der Waals surface area (Å²) in [5, 5.41) is 3.44. The number of anilines is 1. The summed E-state index contributed by atoms with van der Waals surface area (Å²) in [4.78, 5) is 0. The minimum Gasteiger partial charge on any atom is -0.497 e. The van der Waals surface area contributed by atoms with Crippen LogP contribution in [0.15, 0.2) is 53.0 Å². The van der Waals surface area contributed by atoms with Gasteiger partial charge in [0.25, 0.3) is 0 Å². The Bertz CT molecular complexity index is 789. The van der Waals surface area contributed by atoms with E-state index in [0.717, 1.165) is 27.8 Å². The highest BCUT2D eigenvalue weighted by Gasteiger charge is 2.39. The maximum absolute atomic E-state index is 14.5. The Morgan fingerprint density at radius 3 is 2.96 bits per heavy atom. The Balaban J connectivity index is 1.81. The zero-order valence-corrected chi connectivity index (χ0v) is 14.3. The summed E-state index contributed by atoms with van der Waals surface area (Å²) in [5.74, 6) is 1.26. The molecule has 23 heavy (non-hydrogen) atoms. The fourth-order valence-corrected chi connectivity index (χ4v) is 4.23. The van der Waals surface area contributed by atoms with Crippen molar-refractivity contribution in [2.45, 2.75) is 18.4 Å². The van der Waals surface area contributed by atoms with Crippen LogP contribution in [0.4, 0.5) is 10.1 Å². The molecule has 118 valence electrons. The minimum atomic E-state index is -0.207. The number of hydrogen-bond acceptors (Lipinski definition) is 2.